The minimum atomic E-state index is -3.00. The number of nitrogens with zero attached hydrogens (tertiary/aromatic N) is 6. The van der Waals surface area contributed by atoms with Gasteiger partial charge in [0.1, 0.15) is 33.5 Å². The van der Waals surface area contributed by atoms with Crippen molar-refractivity contribution in [2.45, 2.75) is 26.1 Å². The molecule has 0 unspecified atom stereocenters. The van der Waals surface area contributed by atoms with Crippen LogP contribution in [-0.4, -0.2) is 83.9 Å². The number of aliphatic hydroxyl groups excluding tert-OH is 1. The number of nitrogens with one attached hydrogen (secondary N) is 1. The summed E-state index contributed by atoms with van der Waals surface area (Å²) >= 11 is 0. The predicted molar refractivity (Wildman–Crippen MR) is 137 cm³/mol. The van der Waals surface area contributed by atoms with E-state index in [1.165, 1.54) is 6.26 Å². The second-order valence-corrected chi connectivity index (χ2v) is 12.7. The van der Waals surface area contributed by atoms with Gasteiger partial charge < -0.3 is 20.2 Å². The number of sulfone groups is 1. The maximum atomic E-state index is 14.4. The van der Waals surface area contributed by atoms with Gasteiger partial charge in [0.25, 0.3) is 0 Å². The highest BCUT2D eigenvalue weighted by molar-refractivity contribution is 7.90. The Morgan fingerprint density at radius 1 is 1.11 bits per heavy atom. The molecular weight excluding hydrogens is 485 g/mol. The summed E-state index contributed by atoms with van der Waals surface area (Å²) in [6, 6.07) is 5.51. The van der Waals surface area contributed by atoms with Crippen LogP contribution in [0.4, 0.5) is 27.8 Å². The molecule has 0 bridgehead atoms. The fourth-order valence-corrected chi connectivity index (χ4v) is 6.02. The summed E-state index contributed by atoms with van der Waals surface area (Å²) < 4.78 is 37.5. The van der Waals surface area contributed by atoms with Crippen molar-refractivity contribution in [3.8, 4) is 0 Å². The van der Waals surface area contributed by atoms with E-state index in [2.05, 4.69) is 30.2 Å². The van der Waals surface area contributed by atoms with E-state index in [0.29, 0.717) is 37.2 Å². The number of hydrogen-bond donors (Lipinski definition) is 2. The second-order valence-electron chi connectivity index (χ2n) is 10.5. The van der Waals surface area contributed by atoms with Gasteiger partial charge in [-0.3, -0.25) is 0 Å². The third-order valence-electron chi connectivity index (χ3n) is 6.74. The molecule has 2 saturated heterocycles. The molecule has 2 N–H and O–H groups in total. The molecule has 0 radical (unpaired) electrons. The lowest BCUT2D eigenvalue weighted by molar-refractivity contribution is -0.0257. The maximum Gasteiger partial charge on any atom is 0.227 e. The number of pyridine rings is 2. The minimum absolute atomic E-state index is 0.0274. The minimum Gasteiger partial charge on any atom is -0.389 e. The molecule has 36 heavy (non-hydrogen) atoms. The van der Waals surface area contributed by atoms with E-state index >= 15 is 0 Å². The van der Waals surface area contributed by atoms with Gasteiger partial charge in [0.2, 0.25) is 5.95 Å². The maximum absolute atomic E-state index is 14.4. The largest absolute Gasteiger partial charge is 0.389 e. The Hall–Kier alpha value is -3.12. The highest BCUT2D eigenvalue weighted by Gasteiger charge is 2.42. The van der Waals surface area contributed by atoms with Crippen molar-refractivity contribution in [2.24, 2.45) is 11.3 Å². The third-order valence-corrected chi connectivity index (χ3v) is 7.82. The van der Waals surface area contributed by atoms with Gasteiger partial charge >= 0.3 is 0 Å². The van der Waals surface area contributed by atoms with Gasteiger partial charge in [-0.15, -0.1) is 0 Å². The van der Waals surface area contributed by atoms with Crippen LogP contribution in [0.1, 0.15) is 13.8 Å². The molecule has 10 nitrogen and oxygen atoms in total. The molecule has 2 atom stereocenters. The summed E-state index contributed by atoms with van der Waals surface area (Å²) in [5, 5.41) is 15.2. The molecule has 3 aromatic rings. The van der Waals surface area contributed by atoms with Crippen LogP contribution in [0.3, 0.4) is 0 Å². The predicted octanol–water partition coefficient (Wildman–Crippen LogP) is 2.19. The molecule has 192 valence electrons. The highest BCUT2D eigenvalue weighted by Crippen LogP contribution is 2.33. The Morgan fingerprint density at radius 3 is 2.58 bits per heavy atom. The standard InChI is InChI=1S/C24H30FN7O3S/c1-24(2)14-32(12-18(25)21(24)33)23-27-7-5-19(30-23)29-20-8-16-4-6-26-22(17(16)9-28-20)31-10-15(11-31)13-36(3,34)35/h4-9,15,18,21,33H,10-14H2,1-3H3,(H,27,28,29,30)/t18-,21-/m0/s1. The molecule has 5 heterocycles. The van der Waals surface area contributed by atoms with Crippen molar-refractivity contribution in [1.29, 1.82) is 0 Å². The SMILES string of the molecule is CC1(C)CN(c2nccc(Nc3cc4ccnc(N5CC(CS(C)(=O)=O)C5)c4cn3)n2)C[C@H](F)[C@@H]1O. The van der Waals surface area contributed by atoms with Gasteiger partial charge in [-0.25, -0.2) is 27.8 Å². The first-order valence-corrected chi connectivity index (χ1v) is 13.9. The van der Waals surface area contributed by atoms with Crippen LogP contribution in [0.15, 0.2) is 36.8 Å². The summed E-state index contributed by atoms with van der Waals surface area (Å²) in [6.45, 7) is 5.41. The van der Waals surface area contributed by atoms with E-state index in [9.17, 15) is 17.9 Å². The number of fused-ring (bicyclic) bond motifs is 1. The fraction of sp³-hybridized carbons (Fsp3) is 0.500. The number of aliphatic hydroxyl groups is 1. The number of halogens is 1. The molecule has 12 heteroatoms. The normalized spacial score (nSPS) is 22.5. The molecule has 5 rings (SSSR count). The van der Waals surface area contributed by atoms with Crippen LogP contribution in [-0.2, 0) is 9.84 Å². The van der Waals surface area contributed by atoms with Gasteiger partial charge in [-0.2, -0.15) is 4.98 Å². The quantitative estimate of drug-likeness (QED) is 0.505. The molecule has 0 aliphatic carbocycles. The van der Waals surface area contributed by atoms with Crippen molar-refractivity contribution in [3.05, 3.63) is 36.8 Å². The monoisotopic (exact) mass is 515 g/mol. The average Bonchev–Trinajstić information content (AvgIpc) is 2.78. The van der Waals surface area contributed by atoms with Crippen molar-refractivity contribution in [1.82, 2.24) is 19.9 Å². The summed E-state index contributed by atoms with van der Waals surface area (Å²) in [6.07, 6.45) is 3.93. The molecule has 2 aliphatic heterocycles. The van der Waals surface area contributed by atoms with E-state index in [4.69, 9.17) is 0 Å². The van der Waals surface area contributed by atoms with Crippen LogP contribution in [0, 0.1) is 11.3 Å². The topological polar surface area (TPSA) is 124 Å². The Morgan fingerprint density at radius 2 is 1.86 bits per heavy atom. The van der Waals surface area contributed by atoms with Crippen molar-refractivity contribution in [2.75, 3.05) is 53.3 Å². The Bertz CT molecular complexity index is 1380. The summed E-state index contributed by atoms with van der Waals surface area (Å²) in [5.74, 6) is 2.57. The van der Waals surface area contributed by atoms with Crippen molar-refractivity contribution < 1.29 is 17.9 Å². The molecule has 2 aliphatic rings. The van der Waals surface area contributed by atoms with Gasteiger partial charge in [-0.05, 0) is 23.6 Å². The Balaban J connectivity index is 1.32. The van der Waals surface area contributed by atoms with E-state index in [1.54, 1.807) is 29.6 Å². The molecule has 0 amide bonds. The lowest BCUT2D eigenvalue weighted by Crippen LogP contribution is -2.55. The Labute approximate surface area is 209 Å². The molecule has 3 aromatic heterocycles. The molecule has 0 spiro atoms. The number of anilines is 4. The average molecular weight is 516 g/mol. The van der Waals surface area contributed by atoms with Gasteiger partial charge in [0.15, 0.2) is 0 Å². The van der Waals surface area contributed by atoms with Gasteiger partial charge in [0, 0.05) is 61.2 Å². The van der Waals surface area contributed by atoms with Gasteiger partial charge in [0.05, 0.1) is 18.4 Å². The van der Waals surface area contributed by atoms with Gasteiger partial charge in [-0.1, -0.05) is 13.8 Å². The molecule has 0 aromatic carbocycles. The zero-order valence-electron chi connectivity index (χ0n) is 20.5. The molecule has 2 fully saturated rings. The first kappa shape index (κ1) is 24.6. The smallest absolute Gasteiger partial charge is 0.227 e. The van der Waals surface area contributed by atoms with Crippen LogP contribution >= 0.6 is 0 Å². The van der Waals surface area contributed by atoms with Crippen molar-refractivity contribution in [3.63, 3.8) is 0 Å². The van der Waals surface area contributed by atoms with E-state index in [1.807, 2.05) is 26.0 Å². The fourth-order valence-electron chi connectivity index (χ4n) is 4.95. The van der Waals surface area contributed by atoms with Crippen LogP contribution in [0.5, 0.6) is 0 Å². The lowest BCUT2D eigenvalue weighted by atomic mass is 9.80. The highest BCUT2D eigenvalue weighted by atomic mass is 32.2. The number of alkyl halides is 1. The van der Waals surface area contributed by atoms with Crippen molar-refractivity contribution >= 4 is 44.0 Å². The summed E-state index contributed by atoms with van der Waals surface area (Å²) in [7, 11) is -3.00. The van der Waals surface area contributed by atoms with E-state index in [0.717, 1.165) is 16.6 Å². The number of hydrogen-bond acceptors (Lipinski definition) is 10. The van der Waals surface area contributed by atoms with Crippen LogP contribution < -0.4 is 15.1 Å². The summed E-state index contributed by atoms with van der Waals surface area (Å²) in [4.78, 5) is 21.7. The molecular formula is C24H30FN7O3S. The van der Waals surface area contributed by atoms with Crippen LogP contribution in [0.2, 0.25) is 0 Å². The van der Waals surface area contributed by atoms with Crippen LogP contribution in [0.25, 0.3) is 10.8 Å². The third kappa shape index (κ3) is 5.05. The molecule has 0 saturated carbocycles. The lowest BCUT2D eigenvalue weighted by Gasteiger charge is -2.43. The van der Waals surface area contributed by atoms with E-state index in [-0.39, 0.29) is 18.2 Å². The second kappa shape index (κ2) is 9.07. The first-order chi connectivity index (χ1) is 17.0. The van der Waals surface area contributed by atoms with E-state index < -0.39 is 27.5 Å². The number of aromatic nitrogens is 4. The summed E-state index contributed by atoms with van der Waals surface area (Å²) in [5.41, 5.74) is -0.628. The Kier molecular flexibility index (Phi) is 6.19. The number of rotatable bonds is 6. The zero-order valence-corrected chi connectivity index (χ0v) is 21.3. The number of piperidine rings is 1. The zero-order chi connectivity index (χ0) is 25.7. The first-order valence-electron chi connectivity index (χ1n) is 11.8.